The molecule has 2 heterocycles. The van der Waals surface area contributed by atoms with Crippen LogP contribution in [0.25, 0.3) is 11.5 Å². The van der Waals surface area contributed by atoms with Gasteiger partial charge in [-0.25, -0.2) is 4.39 Å². The lowest BCUT2D eigenvalue weighted by Gasteiger charge is -1.98. The molecule has 106 valence electrons. The van der Waals surface area contributed by atoms with Gasteiger partial charge in [-0.05, 0) is 42.8 Å². The Bertz CT molecular complexity index is 725. The van der Waals surface area contributed by atoms with E-state index in [1.54, 1.807) is 12.1 Å². The predicted octanol–water partition coefficient (Wildman–Crippen LogP) is 3.87. The standard InChI is InChI=1S/C15H12FN3OS/c1-10-2-7-13(17-8-10)9-21-15-19-18-14(20-15)11-3-5-12(16)6-4-11/h2-8H,9H2,1H3. The monoisotopic (exact) mass is 301 g/mol. The quantitative estimate of drug-likeness (QED) is 0.685. The van der Waals surface area contributed by atoms with Crippen LogP contribution in [0.2, 0.25) is 0 Å². The fourth-order valence-corrected chi connectivity index (χ4v) is 2.38. The molecule has 0 aliphatic carbocycles. The topological polar surface area (TPSA) is 51.8 Å². The molecule has 4 nitrogen and oxygen atoms in total. The maximum absolute atomic E-state index is 12.9. The van der Waals surface area contributed by atoms with Crippen LogP contribution in [0, 0.1) is 12.7 Å². The minimum Gasteiger partial charge on any atom is -0.411 e. The van der Waals surface area contributed by atoms with E-state index in [0.717, 1.165) is 11.3 Å². The summed E-state index contributed by atoms with van der Waals surface area (Å²) in [6, 6.07) is 9.93. The molecule has 0 atom stereocenters. The van der Waals surface area contributed by atoms with Gasteiger partial charge >= 0.3 is 0 Å². The summed E-state index contributed by atoms with van der Waals surface area (Å²) < 4.78 is 18.4. The van der Waals surface area contributed by atoms with Crippen LogP contribution in [0.5, 0.6) is 0 Å². The molecule has 0 saturated carbocycles. The molecule has 21 heavy (non-hydrogen) atoms. The lowest BCUT2D eigenvalue weighted by molar-refractivity contribution is 0.465. The van der Waals surface area contributed by atoms with Crippen molar-refractivity contribution < 1.29 is 8.81 Å². The summed E-state index contributed by atoms with van der Waals surface area (Å²) in [7, 11) is 0. The molecule has 0 bridgehead atoms. The Morgan fingerprint density at radius 2 is 1.90 bits per heavy atom. The Labute approximate surface area is 125 Å². The van der Waals surface area contributed by atoms with Crippen molar-refractivity contribution in [3.05, 3.63) is 59.7 Å². The minimum atomic E-state index is -0.293. The molecule has 6 heteroatoms. The Balaban J connectivity index is 1.67. The maximum atomic E-state index is 12.9. The van der Waals surface area contributed by atoms with Crippen molar-refractivity contribution in [3.63, 3.8) is 0 Å². The second kappa shape index (κ2) is 6.05. The highest BCUT2D eigenvalue weighted by atomic mass is 32.2. The van der Waals surface area contributed by atoms with Crippen LogP contribution in [-0.2, 0) is 5.75 Å². The van der Waals surface area contributed by atoms with Gasteiger partial charge in [0.1, 0.15) is 5.82 Å². The predicted molar refractivity (Wildman–Crippen MR) is 78.2 cm³/mol. The molecule has 1 aromatic carbocycles. The number of hydrogen-bond acceptors (Lipinski definition) is 5. The first-order valence-electron chi connectivity index (χ1n) is 6.34. The summed E-state index contributed by atoms with van der Waals surface area (Å²) in [5.41, 5.74) is 2.77. The molecule has 0 aliphatic rings. The lowest BCUT2D eigenvalue weighted by Crippen LogP contribution is -1.86. The van der Waals surface area contributed by atoms with E-state index in [4.69, 9.17) is 4.42 Å². The summed E-state index contributed by atoms with van der Waals surface area (Å²) in [6.07, 6.45) is 1.83. The molecular weight excluding hydrogens is 289 g/mol. The molecule has 3 rings (SSSR count). The van der Waals surface area contributed by atoms with Gasteiger partial charge in [0.25, 0.3) is 5.22 Å². The van der Waals surface area contributed by atoms with E-state index in [1.165, 1.54) is 23.9 Å². The Hall–Kier alpha value is -2.21. The molecule has 0 radical (unpaired) electrons. The van der Waals surface area contributed by atoms with Crippen molar-refractivity contribution in [2.75, 3.05) is 0 Å². The third kappa shape index (κ3) is 3.46. The number of hydrogen-bond donors (Lipinski definition) is 0. The van der Waals surface area contributed by atoms with Crippen LogP contribution in [0.1, 0.15) is 11.3 Å². The summed E-state index contributed by atoms with van der Waals surface area (Å²) in [5.74, 6) is 0.749. The number of rotatable bonds is 4. The van der Waals surface area contributed by atoms with Crippen LogP contribution >= 0.6 is 11.8 Å². The Kier molecular flexibility index (Phi) is 3.96. The summed E-state index contributed by atoms with van der Waals surface area (Å²) in [4.78, 5) is 4.32. The highest BCUT2D eigenvalue weighted by molar-refractivity contribution is 7.98. The van der Waals surface area contributed by atoms with Gasteiger partial charge in [0.05, 0.1) is 5.69 Å². The van der Waals surface area contributed by atoms with E-state index < -0.39 is 0 Å². The zero-order valence-corrected chi connectivity index (χ0v) is 12.1. The van der Waals surface area contributed by atoms with E-state index in [0.29, 0.717) is 22.4 Å². The van der Waals surface area contributed by atoms with Gasteiger partial charge in [0.2, 0.25) is 5.89 Å². The zero-order valence-electron chi connectivity index (χ0n) is 11.3. The fraction of sp³-hybridized carbons (Fsp3) is 0.133. The number of aryl methyl sites for hydroxylation is 1. The highest BCUT2D eigenvalue weighted by Crippen LogP contribution is 2.25. The molecule has 2 aromatic heterocycles. The molecule has 3 aromatic rings. The Morgan fingerprint density at radius 1 is 1.10 bits per heavy atom. The average Bonchev–Trinajstić information content (AvgIpc) is 2.96. The normalized spacial score (nSPS) is 10.8. The molecule has 0 N–H and O–H groups in total. The first-order chi connectivity index (χ1) is 10.2. The number of thioether (sulfide) groups is 1. The van der Waals surface area contributed by atoms with Crippen LogP contribution in [-0.4, -0.2) is 15.2 Å². The van der Waals surface area contributed by atoms with Gasteiger partial charge in [-0.3, -0.25) is 4.98 Å². The number of nitrogens with zero attached hydrogens (tertiary/aromatic N) is 3. The van der Waals surface area contributed by atoms with Crippen LogP contribution in [0.15, 0.2) is 52.2 Å². The molecule has 0 aliphatic heterocycles. The van der Waals surface area contributed by atoms with Gasteiger partial charge in [-0.15, -0.1) is 10.2 Å². The van der Waals surface area contributed by atoms with Crippen molar-refractivity contribution >= 4 is 11.8 Å². The largest absolute Gasteiger partial charge is 0.411 e. The molecule has 0 saturated heterocycles. The number of pyridine rings is 1. The van der Waals surface area contributed by atoms with Crippen molar-refractivity contribution in [1.29, 1.82) is 0 Å². The maximum Gasteiger partial charge on any atom is 0.277 e. The summed E-state index contributed by atoms with van der Waals surface area (Å²) in [6.45, 7) is 2.00. The lowest BCUT2D eigenvalue weighted by atomic mass is 10.2. The molecular formula is C15H12FN3OS. The number of benzene rings is 1. The zero-order chi connectivity index (χ0) is 14.7. The van der Waals surface area contributed by atoms with Gasteiger partial charge in [0.15, 0.2) is 0 Å². The van der Waals surface area contributed by atoms with E-state index in [-0.39, 0.29) is 5.82 Å². The average molecular weight is 301 g/mol. The SMILES string of the molecule is Cc1ccc(CSc2nnc(-c3ccc(F)cc3)o2)nc1. The first kappa shape index (κ1) is 13.8. The van der Waals surface area contributed by atoms with Crippen LogP contribution in [0.3, 0.4) is 0 Å². The minimum absolute atomic E-state index is 0.293. The molecule has 0 spiro atoms. The number of halogens is 1. The fourth-order valence-electron chi connectivity index (χ4n) is 1.70. The number of aromatic nitrogens is 3. The van der Waals surface area contributed by atoms with Crippen molar-refractivity contribution in [2.45, 2.75) is 17.9 Å². The molecule has 0 amide bonds. The smallest absolute Gasteiger partial charge is 0.277 e. The van der Waals surface area contributed by atoms with Gasteiger partial charge in [0, 0.05) is 17.5 Å². The van der Waals surface area contributed by atoms with E-state index in [2.05, 4.69) is 15.2 Å². The Morgan fingerprint density at radius 3 is 2.62 bits per heavy atom. The van der Waals surface area contributed by atoms with E-state index in [9.17, 15) is 4.39 Å². The second-order valence-corrected chi connectivity index (χ2v) is 5.42. The van der Waals surface area contributed by atoms with E-state index in [1.807, 2.05) is 25.3 Å². The van der Waals surface area contributed by atoms with Gasteiger partial charge in [-0.1, -0.05) is 17.8 Å². The first-order valence-corrected chi connectivity index (χ1v) is 7.33. The summed E-state index contributed by atoms with van der Waals surface area (Å²) in [5, 5.41) is 8.40. The highest BCUT2D eigenvalue weighted by Gasteiger charge is 2.09. The van der Waals surface area contributed by atoms with Crippen LogP contribution in [0.4, 0.5) is 4.39 Å². The molecule has 0 unspecified atom stereocenters. The van der Waals surface area contributed by atoms with Gasteiger partial charge in [-0.2, -0.15) is 0 Å². The summed E-state index contributed by atoms with van der Waals surface area (Å²) >= 11 is 1.42. The van der Waals surface area contributed by atoms with E-state index >= 15 is 0 Å². The van der Waals surface area contributed by atoms with Crippen LogP contribution < -0.4 is 0 Å². The molecule has 0 fully saturated rings. The third-order valence-corrected chi connectivity index (χ3v) is 3.67. The second-order valence-electron chi connectivity index (χ2n) is 4.50. The van der Waals surface area contributed by atoms with Crippen molar-refractivity contribution in [1.82, 2.24) is 15.2 Å². The van der Waals surface area contributed by atoms with Crippen molar-refractivity contribution in [3.8, 4) is 11.5 Å². The third-order valence-electron chi connectivity index (χ3n) is 2.81. The van der Waals surface area contributed by atoms with Gasteiger partial charge < -0.3 is 4.42 Å². The van der Waals surface area contributed by atoms with Crippen molar-refractivity contribution in [2.24, 2.45) is 0 Å².